The maximum atomic E-state index is 13.0. The average Bonchev–Trinajstić information content (AvgIpc) is 2.66. The number of aromatic nitrogens is 2. The molecule has 1 aromatic heterocycles. The summed E-state index contributed by atoms with van der Waals surface area (Å²) in [5.41, 5.74) is 7.21. The first kappa shape index (κ1) is 17.7. The molecular weight excluding hydrogens is 371 g/mol. The van der Waals surface area contributed by atoms with E-state index in [1.54, 1.807) is 6.07 Å². The summed E-state index contributed by atoms with van der Waals surface area (Å²) in [6, 6.07) is 5.42. The Morgan fingerprint density at radius 2 is 2.19 bits per heavy atom. The zero-order valence-electron chi connectivity index (χ0n) is 14.5. The van der Waals surface area contributed by atoms with E-state index < -0.39 is 17.0 Å². The van der Waals surface area contributed by atoms with Gasteiger partial charge in [0.25, 0.3) is 0 Å². The van der Waals surface area contributed by atoms with E-state index in [1.807, 2.05) is 17.0 Å². The van der Waals surface area contributed by atoms with Gasteiger partial charge in [0.05, 0.1) is 30.3 Å². The van der Waals surface area contributed by atoms with E-state index >= 15 is 0 Å². The highest BCUT2D eigenvalue weighted by Gasteiger charge is 2.24. The van der Waals surface area contributed by atoms with Crippen molar-refractivity contribution in [3.05, 3.63) is 42.0 Å². The molecule has 0 bridgehead atoms. The number of rotatable bonds is 4. The zero-order valence-corrected chi connectivity index (χ0v) is 15.3. The quantitative estimate of drug-likeness (QED) is 0.822. The first-order chi connectivity index (χ1) is 13.1. The number of ether oxygens (including phenoxy) is 1. The number of amidine groups is 1. The molecule has 2 atom stereocenters. The van der Waals surface area contributed by atoms with E-state index in [-0.39, 0.29) is 11.8 Å². The number of nitrogens with one attached hydrogen (secondary N) is 1. The maximum Gasteiger partial charge on any atom is 0.245 e. The number of benzene rings is 1. The highest BCUT2D eigenvalue weighted by molar-refractivity contribution is 7.85. The molecule has 0 spiro atoms. The monoisotopic (exact) mass is 390 g/mol. The predicted octanol–water partition coefficient (Wildman–Crippen LogP) is 1.62. The molecule has 2 aliphatic heterocycles. The third kappa shape index (κ3) is 3.85. The van der Waals surface area contributed by atoms with E-state index in [9.17, 15) is 8.60 Å². The Hall–Kier alpha value is -2.75. The van der Waals surface area contributed by atoms with Crippen LogP contribution in [0.5, 0.6) is 5.75 Å². The first-order valence-corrected chi connectivity index (χ1v) is 9.72. The second kappa shape index (κ2) is 7.47. The molecular formula is C17H19FN6O2S. The van der Waals surface area contributed by atoms with Crippen LogP contribution >= 0.6 is 0 Å². The SMILES string of the molecule is NC1=NS(=O)Nc2cccc(OCC3CCCN(c4ncc(F)cn4)C3)c21. The summed E-state index contributed by atoms with van der Waals surface area (Å²) in [6.07, 6.45) is 4.35. The summed E-state index contributed by atoms with van der Waals surface area (Å²) in [7, 11) is 0. The lowest BCUT2D eigenvalue weighted by Crippen LogP contribution is -2.38. The van der Waals surface area contributed by atoms with Crippen molar-refractivity contribution in [2.45, 2.75) is 12.8 Å². The predicted molar refractivity (Wildman–Crippen MR) is 101 cm³/mol. The molecule has 1 fully saturated rings. The number of piperidine rings is 1. The largest absolute Gasteiger partial charge is 0.492 e. The van der Waals surface area contributed by atoms with Gasteiger partial charge in [-0.15, -0.1) is 0 Å². The van der Waals surface area contributed by atoms with Crippen LogP contribution in [0.3, 0.4) is 0 Å². The van der Waals surface area contributed by atoms with Gasteiger partial charge in [-0.1, -0.05) is 6.07 Å². The Bertz CT molecular complexity index is 891. The highest BCUT2D eigenvalue weighted by Crippen LogP contribution is 2.30. The van der Waals surface area contributed by atoms with E-state index in [4.69, 9.17) is 10.5 Å². The lowest BCUT2D eigenvalue weighted by molar-refractivity contribution is 0.228. The molecule has 142 valence electrons. The van der Waals surface area contributed by atoms with Crippen LogP contribution in [0.2, 0.25) is 0 Å². The molecule has 0 aliphatic carbocycles. The highest BCUT2D eigenvalue weighted by atomic mass is 32.2. The van der Waals surface area contributed by atoms with Gasteiger partial charge in [0.1, 0.15) is 11.6 Å². The molecule has 3 N–H and O–H groups in total. The minimum absolute atomic E-state index is 0.197. The minimum atomic E-state index is -1.57. The molecule has 1 saturated heterocycles. The molecule has 8 nitrogen and oxygen atoms in total. The van der Waals surface area contributed by atoms with Crippen molar-refractivity contribution in [3.63, 3.8) is 0 Å². The fourth-order valence-electron chi connectivity index (χ4n) is 3.31. The van der Waals surface area contributed by atoms with Crippen molar-refractivity contribution >= 4 is 28.6 Å². The van der Waals surface area contributed by atoms with Crippen LogP contribution in [0, 0.1) is 11.7 Å². The summed E-state index contributed by atoms with van der Waals surface area (Å²) in [4.78, 5) is 10.2. The average molecular weight is 390 g/mol. The van der Waals surface area contributed by atoms with Crippen LogP contribution in [0.1, 0.15) is 18.4 Å². The van der Waals surface area contributed by atoms with E-state index in [2.05, 4.69) is 19.1 Å². The summed E-state index contributed by atoms with van der Waals surface area (Å²) in [5.74, 6) is 1.16. The number of halogens is 1. The fraction of sp³-hybridized carbons (Fsp3) is 0.353. The molecule has 2 unspecified atom stereocenters. The Balaban J connectivity index is 1.44. The van der Waals surface area contributed by atoms with Gasteiger partial charge in [-0.2, -0.15) is 4.40 Å². The van der Waals surface area contributed by atoms with Crippen molar-refractivity contribution in [3.8, 4) is 5.75 Å². The molecule has 0 amide bonds. The lowest BCUT2D eigenvalue weighted by Gasteiger charge is -2.32. The molecule has 10 heteroatoms. The number of hydrogen-bond acceptors (Lipinski definition) is 6. The van der Waals surface area contributed by atoms with Gasteiger partial charge in [0.2, 0.25) is 17.1 Å². The van der Waals surface area contributed by atoms with Crippen molar-refractivity contribution < 1.29 is 13.3 Å². The van der Waals surface area contributed by atoms with Gasteiger partial charge in [-0.05, 0) is 25.0 Å². The van der Waals surface area contributed by atoms with Crippen molar-refractivity contribution in [2.75, 3.05) is 29.3 Å². The van der Waals surface area contributed by atoms with Crippen LogP contribution in [-0.2, 0) is 11.2 Å². The molecule has 2 aliphatic rings. The second-order valence-corrected chi connectivity index (χ2v) is 7.36. The van der Waals surface area contributed by atoms with E-state index in [0.717, 1.165) is 25.9 Å². The van der Waals surface area contributed by atoms with Gasteiger partial charge in [-0.3, -0.25) is 4.72 Å². The molecule has 0 saturated carbocycles. The first-order valence-electron chi connectivity index (χ1n) is 8.61. The van der Waals surface area contributed by atoms with Gasteiger partial charge in [0, 0.05) is 19.0 Å². The second-order valence-electron chi connectivity index (χ2n) is 6.47. The minimum Gasteiger partial charge on any atom is -0.492 e. The lowest BCUT2D eigenvalue weighted by atomic mass is 9.99. The number of nitrogens with two attached hydrogens (primary N) is 1. The van der Waals surface area contributed by atoms with Crippen molar-refractivity contribution in [1.29, 1.82) is 0 Å². The summed E-state index contributed by atoms with van der Waals surface area (Å²) >= 11 is -1.57. The molecule has 4 rings (SSSR count). The van der Waals surface area contributed by atoms with Crippen LogP contribution in [-0.4, -0.2) is 39.7 Å². The Morgan fingerprint density at radius 3 is 3.00 bits per heavy atom. The number of nitrogens with zero attached hydrogens (tertiary/aromatic N) is 4. The number of anilines is 2. The van der Waals surface area contributed by atoms with Gasteiger partial charge in [-0.25, -0.2) is 18.6 Å². The Kier molecular flexibility index (Phi) is 4.88. The van der Waals surface area contributed by atoms with Crippen molar-refractivity contribution in [1.82, 2.24) is 9.97 Å². The third-order valence-corrected chi connectivity index (χ3v) is 5.30. The number of fused-ring (bicyclic) bond motifs is 1. The normalized spacial score (nSPS) is 21.8. The van der Waals surface area contributed by atoms with Gasteiger partial charge in [0.15, 0.2) is 5.82 Å². The topological polar surface area (TPSA) is 106 Å². The summed E-state index contributed by atoms with van der Waals surface area (Å²) in [5, 5.41) is 0. The standard InChI is InChI=1S/C17H19FN6O2S/c18-12-7-20-17(21-8-12)24-6-2-3-11(9-24)10-26-14-5-1-4-13-15(14)16(19)23-27(25)22-13/h1,4-5,7-8,11,22H,2-3,6,9-10H2,(H2,19,23). The van der Waals surface area contributed by atoms with Gasteiger partial charge < -0.3 is 15.4 Å². The molecule has 3 heterocycles. The third-order valence-electron chi connectivity index (χ3n) is 4.54. The molecule has 0 radical (unpaired) electrons. The smallest absolute Gasteiger partial charge is 0.245 e. The van der Waals surface area contributed by atoms with Crippen LogP contribution in [0.25, 0.3) is 0 Å². The van der Waals surface area contributed by atoms with E-state index in [1.165, 1.54) is 12.4 Å². The van der Waals surface area contributed by atoms with Crippen LogP contribution in [0.4, 0.5) is 16.0 Å². The zero-order chi connectivity index (χ0) is 18.8. The Morgan fingerprint density at radius 1 is 1.37 bits per heavy atom. The fourth-order valence-corrected chi connectivity index (χ4v) is 3.99. The Labute approximate surface area is 158 Å². The molecule has 1 aromatic carbocycles. The van der Waals surface area contributed by atoms with Gasteiger partial charge >= 0.3 is 0 Å². The maximum absolute atomic E-state index is 13.0. The van der Waals surface area contributed by atoms with Crippen LogP contribution < -0.4 is 20.1 Å². The summed E-state index contributed by atoms with van der Waals surface area (Å²) in [6.45, 7) is 2.05. The molecule has 27 heavy (non-hydrogen) atoms. The summed E-state index contributed by atoms with van der Waals surface area (Å²) < 4.78 is 37.3. The van der Waals surface area contributed by atoms with Crippen LogP contribution in [0.15, 0.2) is 35.0 Å². The van der Waals surface area contributed by atoms with E-state index in [0.29, 0.717) is 29.6 Å². The van der Waals surface area contributed by atoms with Crippen molar-refractivity contribution in [2.24, 2.45) is 16.0 Å². The molecule has 2 aromatic rings. The number of hydrogen-bond donors (Lipinski definition) is 2.